The molecule has 1 aromatic heterocycles. The molecule has 2 rings (SSSR count). The fourth-order valence-electron chi connectivity index (χ4n) is 1.51. The van der Waals surface area contributed by atoms with Crippen molar-refractivity contribution < 1.29 is 31.9 Å². The van der Waals surface area contributed by atoms with Crippen LogP contribution in [0.1, 0.15) is 10.6 Å². The molecule has 0 amide bonds. The third kappa shape index (κ3) is 3.14. The van der Waals surface area contributed by atoms with Gasteiger partial charge in [0.2, 0.25) is 10.9 Å². The molecule has 0 unspecified atom stereocenters. The highest BCUT2D eigenvalue weighted by Crippen LogP contribution is 2.23. The lowest BCUT2D eigenvalue weighted by molar-refractivity contribution is 0.0656. The van der Waals surface area contributed by atoms with E-state index in [2.05, 4.69) is 9.14 Å². The van der Waals surface area contributed by atoms with E-state index in [1.165, 1.54) is 19.2 Å². The van der Waals surface area contributed by atoms with Crippen molar-refractivity contribution in [3.8, 4) is 5.75 Å². The smallest absolute Gasteiger partial charge is 0.371 e. The van der Waals surface area contributed by atoms with Gasteiger partial charge in [-0.05, 0) is 24.3 Å². The zero-order chi connectivity index (χ0) is 15.6. The van der Waals surface area contributed by atoms with Crippen LogP contribution in [-0.4, -0.2) is 26.6 Å². The minimum Gasteiger partial charge on any atom is -0.494 e. The lowest BCUT2D eigenvalue weighted by Gasteiger charge is -2.07. The number of anilines is 1. The normalized spacial score (nSPS) is 11.1. The summed E-state index contributed by atoms with van der Waals surface area (Å²) in [5, 5.41) is 8.09. The lowest BCUT2D eigenvalue weighted by atomic mass is 10.3. The van der Waals surface area contributed by atoms with Gasteiger partial charge in [0.25, 0.3) is 10.0 Å². The SMILES string of the molecule is COc1ccc(NS(=O)(=O)c2ccc(C(=O)O)o2)cc1F. The Hall–Kier alpha value is -2.55. The summed E-state index contributed by atoms with van der Waals surface area (Å²) >= 11 is 0. The maximum absolute atomic E-state index is 13.5. The van der Waals surface area contributed by atoms with Gasteiger partial charge in [-0.1, -0.05) is 0 Å². The Morgan fingerprint density at radius 2 is 2.05 bits per heavy atom. The molecule has 0 aliphatic heterocycles. The molecule has 0 fully saturated rings. The van der Waals surface area contributed by atoms with E-state index >= 15 is 0 Å². The first kappa shape index (κ1) is 14.9. The Morgan fingerprint density at radius 1 is 1.33 bits per heavy atom. The molecule has 7 nitrogen and oxygen atoms in total. The molecule has 2 N–H and O–H groups in total. The molecule has 0 saturated heterocycles. The molecular weight excluding hydrogens is 305 g/mol. The number of ether oxygens (including phenoxy) is 1. The largest absolute Gasteiger partial charge is 0.494 e. The van der Waals surface area contributed by atoms with Gasteiger partial charge in [-0.3, -0.25) is 4.72 Å². The summed E-state index contributed by atoms with van der Waals surface area (Å²) in [5.41, 5.74) is -0.0541. The maximum atomic E-state index is 13.5. The summed E-state index contributed by atoms with van der Waals surface area (Å²) in [5.74, 6) is -2.70. The number of methoxy groups -OCH3 is 1. The number of halogens is 1. The predicted molar refractivity (Wildman–Crippen MR) is 69.4 cm³/mol. The van der Waals surface area contributed by atoms with Gasteiger partial charge >= 0.3 is 5.97 Å². The van der Waals surface area contributed by atoms with Crippen molar-refractivity contribution in [3.63, 3.8) is 0 Å². The zero-order valence-corrected chi connectivity index (χ0v) is 11.5. The Morgan fingerprint density at radius 3 is 2.57 bits per heavy atom. The number of carboxylic acids is 1. The minimum absolute atomic E-state index is 0.0379. The molecule has 1 heterocycles. The van der Waals surface area contributed by atoms with E-state index in [9.17, 15) is 17.6 Å². The van der Waals surface area contributed by atoms with Crippen molar-refractivity contribution in [1.82, 2.24) is 0 Å². The van der Waals surface area contributed by atoms with Gasteiger partial charge < -0.3 is 14.3 Å². The average molecular weight is 315 g/mol. The Labute approximate surface area is 119 Å². The molecule has 0 radical (unpaired) electrons. The van der Waals surface area contributed by atoms with E-state index in [0.29, 0.717) is 0 Å². The van der Waals surface area contributed by atoms with Crippen molar-refractivity contribution >= 4 is 21.7 Å². The van der Waals surface area contributed by atoms with Gasteiger partial charge in [0, 0.05) is 6.07 Å². The third-order valence-corrected chi connectivity index (χ3v) is 3.71. The Bertz CT molecular complexity index is 783. The number of furan rings is 1. The lowest BCUT2D eigenvalue weighted by Crippen LogP contribution is -2.12. The van der Waals surface area contributed by atoms with Crippen LogP contribution in [0.15, 0.2) is 39.8 Å². The fraction of sp³-hybridized carbons (Fsp3) is 0.0833. The average Bonchev–Trinajstić information content (AvgIpc) is 2.89. The summed E-state index contributed by atoms with van der Waals surface area (Å²) < 4.78 is 48.8. The van der Waals surface area contributed by atoms with E-state index in [1.807, 2.05) is 0 Å². The van der Waals surface area contributed by atoms with Crippen LogP contribution in [0, 0.1) is 5.82 Å². The van der Waals surface area contributed by atoms with Crippen LogP contribution < -0.4 is 9.46 Å². The van der Waals surface area contributed by atoms with Crippen molar-refractivity contribution in [2.75, 3.05) is 11.8 Å². The highest BCUT2D eigenvalue weighted by molar-refractivity contribution is 7.92. The number of rotatable bonds is 5. The van der Waals surface area contributed by atoms with Gasteiger partial charge in [-0.25, -0.2) is 9.18 Å². The number of aromatic carboxylic acids is 1. The quantitative estimate of drug-likeness (QED) is 0.873. The molecule has 0 saturated carbocycles. The Balaban J connectivity index is 2.28. The summed E-state index contributed by atoms with van der Waals surface area (Å²) in [6.45, 7) is 0. The van der Waals surface area contributed by atoms with E-state index in [4.69, 9.17) is 9.84 Å². The van der Waals surface area contributed by atoms with E-state index in [-0.39, 0.29) is 11.4 Å². The van der Waals surface area contributed by atoms with Gasteiger partial charge in [-0.15, -0.1) is 0 Å². The predicted octanol–water partition coefficient (Wildman–Crippen LogP) is 1.93. The molecule has 0 aliphatic rings. The number of carboxylic acid groups (broad SMARTS) is 1. The number of carbonyl (C=O) groups is 1. The number of hydrogen-bond acceptors (Lipinski definition) is 5. The van der Waals surface area contributed by atoms with Crippen LogP contribution in [0.3, 0.4) is 0 Å². The van der Waals surface area contributed by atoms with Gasteiger partial charge in [0.15, 0.2) is 11.6 Å². The third-order valence-electron chi connectivity index (χ3n) is 2.46. The van der Waals surface area contributed by atoms with E-state index in [1.54, 1.807) is 0 Å². The van der Waals surface area contributed by atoms with Crippen LogP contribution >= 0.6 is 0 Å². The summed E-state index contributed by atoms with van der Waals surface area (Å²) in [6, 6.07) is 5.47. The molecule has 0 bridgehead atoms. The zero-order valence-electron chi connectivity index (χ0n) is 10.7. The van der Waals surface area contributed by atoms with Crippen molar-refractivity contribution in [2.45, 2.75) is 5.09 Å². The van der Waals surface area contributed by atoms with Gasteiger partial charge in [0.1, 0.15) is 0 Å². The first-order valence-electron chi connectivity index (χ1n) is 5.53. The second-order valence-corrected chi connectivity index (χ2v) is 5.49. The molecule has 0 atom stereocenters. The summed E-state index contributed by atoms with van der Waals surface area (Å²) in [7, 11) is -2.87. The fourth-order valence-corrected chi connectivity index (χ4v) is 2.50. The standard InChI is InChI=1S/C12H10FNO6S/c1-19-9-3-2-7(6-8(9)13)14-21(17,18)11-5-4-10(20-11)12(15)16/h2-6,14H,1H3,(H,15,16). The van der Waals surface area contributed by atoms with Crippen LogP contribution in [0.2, 0.25) is 0 Å². The minimum atomic E-state index is -4.15. The molecule has 0 aliphatic carbocycles. The maximum Gasteiger partial charge on any atom is 0.371 e. The molecule has 21 heavy (non-hydrogen) atoms. The topological polar surface area (TPSA) is 106 Å². The molecule has 112 valence electrons. The number of sulfonamides is 1. The van der Waals surface area contributed by atoms with Crippen LogP contribution in [0.25, 0.3) is 0 Å². The number of benzene rings is 1. The summed E-state index contributed by atoms with van der Waals surface area (Å²) in [4.78, 5) is 10.6. The number of nitrogens with one attached hydrogen (secondary N) is 1. The van der Waals surface area contributed by atoms with Crippen LogP contribution in [-0.2, 0) is 10.0 Å². The van der Waals surface area contributed by atoms with E-state index in [0.717, 1.165) is 18.2 Å². The molecule has 9 heteroatoms. The van der Waals surface area contributed by atoms with Crippen molar-refractivity contribution in [2.24, 2.45) is 0 Å². The monoisotopic (exact) mass is 315 g/mol. The van der Waals surface area contributed by atoms with Gasteiger partial charge in [0.05, 0.1) is 12.8 Å². The second kappa shape index (κ2) is 5.44. The van der Waals surface area contributed by atoms with Crippen LogP contribution in [0.4, 0.5) is 10.1 Å². The first-order chi connectivity index (χ1) is 9.83. The molecule has 0 spiro atoms. The van der Waals surface area contributed by atoms with E-state index < -0.39 is 32.7 Å². The second-order valence-electron chi connectivity index (χ2n) is 3.88. The molecule has 2 aromatic rings. The number of hydrogen-bond donors (Lipinski definition) is 2. The highest BCUT2D eigenvalue weighted by atomic mass is 32.2. The molecule has 1 aromatic carbocycles. The summed E-state index contributed by atoms with van der Waals surface area (Å²) in [6.07, 6.45) is 0. The van der Waals surface area contributed by atoms with Crippen molar-refractivity contribution in [1.29, 1.82) is 0 Å². The van der Waals surface area contributed by atoms with Crippen molar-refractivity contribution in [3.05, 3.63) is 41.9 Å². The van der Waals surface area contributed by atoms with Crippen LogP contribution in [0.5, 0.6) is 5.75 Å². The highest BCUT2D eigenvalue weighted by Gasteiger charge is 2.21. The molecular formula is C12H10FNO6S. The van der Waals surface area contributed by atoms with Gasteiger partial charge in [-0.2, -0.15) is 8.42 Å². The first-order valence-corrected chi connectivity index (χ1v) is 7.01. The Kier molecular flexibility index (Phi) is 3.85.